The number of carbonyl (C=O) groups is 1. The Labute approximate surface area is 165 Å². The molecule has 1 atom stereocenters. The quantitative estimate of drug-likeness (QED) is 0.707. The molecule has 0 unspecified atom stereocenters. The van der Waals surface area contributed by atoms with Crippen LogP contribution in [-0.4, -0.2) is 42.2 Å². The number of likely N-dealkylation sites (tertiary alicyclic amines) is 1. The van der Waals surface area contributed by atoms with E-state index in [0.717, 1.165) is 43.7 Å². The first-order chi connectivity index (χ1) is 13.1. The predicted octanol–water partition coefficient (Wildman–Crippen LogP) is 4.83. The van der Waals surface area contributed by atoms with Crippen LogP contribution in [0.4, 0.5) is 0 Å². The zero-order valence-electron chi connectivity index (χ0n) is 16.0. The molecule has 0 spiro atoms. The summed E-state index contributed by atoms with van der Waals surface area (Å²) in [5.74, 6) is 0.155. The third-order valence-electron chi connectivity index (χ3n) is 5.16. The molecule has 1 N–H and O–H groups in total. The Morgan fingerprint density at radius 2 is 2.26 bits per heavy atom. The highest BCUT2D eigenvalue weighted by Gasteiger charge is 2.25. The molecule has 1 fully saturated rings. The number of aryl methyl sites for hydroxylation is 1. The number of carboxylic acid groups (broad SMARTS) is 1. The van der Waals surface area contributed by atoms with E-state index in [-0.39, 0.29) is 12.5 Å². The van der Waals surface area contributed by atoms with Crippen LogP contribution in [0.25, 0.3) is 5.57 Å². The summed E-state index contributed by atoms with van der Waals surface area (Å²) < 4.78 is 5.40. The van der Waals surface area contributed by atoms with Gasteiger partial charge < -0.3 is 9.84 Å². The van der Waals surface area contributed by atoms with Gasteiger partial charge in [-0.05, 0) is 73.0 Å². The number of hydrogen-bond acceptors (Lipinski definition) is 4. The van der Waals surface area contributed by atoms with Gasteiger partial charge in [0.1, 0.15) is 5.75 Å². The zero-order valence-corrected chi connectivity index (χ0v) is 16.8. The monoisotopic (exact) mass is 385 g/mol. The summed E-state index contributed by atoms with van der Waals surface area (Å²) in [6.07, 6.45) is 5.53. The molecular formula is C22H27NO3S. The van der Waals surface area contributed by atoms with Crippen LogP contribution in [0.1, 0.15) is 41.7 Å². The average Bonchev–Trinajstić information content (AvgIpc) is 3.27. The van der Waals surface area contributed by atoms with Gasteiger partial charge >= 0.3 is 5.97 Å². The van der Waals surface area contributed by atoms with Gasteiger partial charge in [0.15, 0.2) is 0 Å². The number of nitrogens with zero attached hydrogens (tertiary/aromatic N) is 1. The SMILES string of the molecule is COc1cccc(C(=CCCN2CCC[C@H]2CC(=O)O)c2sccc2C)c1. The van der Waals surface area contributed by atoms with E-state index < -0.39 is 5.97 Å². The molecule has 2 heterocycles. The lowest BCUT2D eigenvalue weighted by Gasteiger charge is -2.22. The summed E-state index contributed by atoms with van der Waals surface area (Å²) in [7, 11) is 1.69. The fourth-order valence-corrected chi connectivity index (χ4v) is 4.77. The van der Waals surface area contributed by atoms with Gasteiger partial charge in [-0.25, -0.2) is 0 Å². The third-order valence-corrected chi connectivity index (χ3v) is 6.21. The van der Waals surface area contributed by atoms with Crippen LogP contribution in [0.15, 0.2) is 41.8 Å². The molecule has 1 aromatic heterocycles. The number of benzene rings is 1. The van der Waals surface area contributed by atoms with E-state index in [4.69, 9.17) is 9.84 Å². The lowest BCUT2D eigenvalue weighted by Crippen LogP contribution is -2.32. The molecule has 5 heteroatoms. The van der Waals surface area contributed by atoms with Crippen LogP contribution in [0, 0.1) is 6.92 Å². The van der Waals surface area contributed by atoms with Crippen LogP contribution in [0.2, 0.25) is 0 Å². The van der Waals surface area contributed by atoms with Crippen LogP contribution in [0.3, 0.4) is 0 Å². The van der Waals surface area contributed by atoms with Crippen molar-refractivity contribution in [2.24, 2.45) is 0 Å². The van der Waals surface area contributed by atoms with Gasteiger partial charge in [-0.3, -0.25) is 9.69 Å². The number of methoxy groups -OCH3 is 1. The minimum absolute atomic E-state index is 0.180. The van der Waals surface area contributed by atoms with Gasteiger partial charge in [-0.2, -0.15) is 0 Å². The van der Waals surface area contributed by atoms with Gasteiger partial charge in [-0.15, -0.1) is 11.3 Å². The highest BCUT2D eigenvalue weighted by Crippen LogP contribution is 2.32. The fraction of sp³-hybridized carbons (Fsp3) is 0.409. The third kappa shape index (κ3) is 4.99. The Hall–Kier alpha value is -2.11. The van der Waals surface area contributed by atoms with E-state index in [1.807, 2.05) is 12.1 Å². The maximum atomic E-state index is 11.1. The molecule has 1 saturated heterocycles. The second-order valence-electron chi connectivity index (χ2n) is 7.00. The van der Waals surface area contributed by atoms with Crippen molar-refractivity contribution in [3.63, 3.8) is 0 Å². The molecule has 3 rings (SSSR count). The van der Waals surface area contributed by atoms with Crippen molar-refractivity contribution in [3.8, 4) is 5.75 Å². The van der Waals surface area contributed by atoms with Crippen LogP contribution in [-0.2, 0) is 4.79 Å². The van der Waals surface area contributed by atoms with E-state index in [1.54, 1.807) is 18.4 Å². The maximum Gasteiger partial charge on any atom is 0.304 e. The van der Waals surface area contributed by atoms with Crippen molar-refractivity contribution < 1.29 is 14.6 Å². The predicted molar refractivity (Wildman–Crippen MR) is 111 cm³/mol. The van der Waals surface area contributed by atoms with Crippen molar-refractivity contribution in [2.75, 3.05) is 20.2 Å². The highest BCUT2D eigenvalue weighted by molar-refractivity contribution is 7.11. The topological polar surface area (TPSA) is 49.8 Å². The molecule has 2 aromatic rings. The molecule has 0 saturated carbocycles. The molecule has 1 aliphatic heterocycles. The molecular weight excluding hydrogens is 358 g/mol. The van der Waals surface area contributed by atoms with E-state index in [9.17, 15) is 4.79 Å². The Kier molecular flexibility index (Phi) is 6.69. The maximum absolute atomic E-state index is 11.1. The number of ether oxygens (including phenoxy) is 1. The molecule has 0 amide bonds. The Morgan fingerprint density at radius 1 is 1.41 bits per heavy atom. The lowest BCUT2D eigenvalue weighted by atomic mass is 10.0. The van der Waals surface area contributed by atoms with Crippen LogP contribution in [0.5, 0.6) is 5.75 Å². The van der Waals surface area contributed by atoms with Gasteiger partial charge in [0.05, 0.1) is 13.5 Å². The Morgan fingerprint density at radius 3 is 2.96 bits per heavy atom. The fourth-order valence-electron chi connectivity index (χ4n) is 3.78. The first-order valence-electron chi connectivity index (χ1n) is 9.43. The number of thiophene rings is 1. The van der Waals surface area contributed by atoms with Crippen molar-refractivity contribution in [2.45, 2.75) is 38.6 Å². The van der Waals surface area contributed by atoms with Gasteiger partial charge in [0.25, 0.3) is 0 Å². The van der Waals surface area contributed by atoms with Crippen molar-refractivity contribution in [1.82, 2.24) is 4.90 Å². The molecule has 1 aromatic carbocycles. The minimum atomic E-state index is -0.700. The standard InChI is InChI=1S/C22H27NO3S/c1-16-10-13-27-22(16)20(17-6-3-8-19(14-17)26-2)9-5-12-23-11-4-7-18(23)15-21(24)25/h3,6,8-10,13-14,18H,4-5,7,11-12,15H2,1-2H3,(H,24,25)/t18-/m0/s1. The van der Waals surface area contributed by atoms with Gasteiger partial charge in [0, 0.05) is 17.5 Å². The number of carboxylic acids is 1. The number of rotatable bonds is 8. The lowest BCUT2D eigenvalue weighted by molar-refractivity contribution is -0.138. The second-order valence-corrected chi connectivity index (χ2v) is 7.92. The van der Waals surface area contributed by atoms with Crippen LogP contribution >= 0.6 is 11.3 Å². The summed E-state index contributed by atoms with van der Waals surface area (Å²) in [5.41, 5.74) is 3.66. The molecule has 0 bridgehead atoms. The smallest absolute Gasteiger partial charge is 0.304 e. The summed E-state index contributed by atoms with van der Waals surface area (Å²) in [4.78, 5) is 14.7. The van der Waals surface area contributed by atoms with Crippen LogP contribution < -0.4 is 4.74 Å². The van der Waals surface area contributed by atoms with E-state index in [2.05, 4.69) is 41.5 Å². The molecule has 0 radical (unpaired) electrons. The van der Waals surface area contributed by atoms with E-state index in [1.165, 1.54) is 16.0 Å². The summed E-state index contributed by atoms with van der Waals surface area (Å²) in [5, 5.41) is 11.2. The largest absolute Gasteiger partial charge is 0.497 e. The Bertz CT molecular complexity index is 811. The zero-order chi connectivity index (χ0) is 19.2. The molecule has 0 aliphatic carbocycles. The molecule has 144 valence electrons. The summed E-state index contributed by atoms with van der Waals surface area (Å²) in [6, 6.07) is 10.5. The normalized spacial score (nSPS) is 18.0. The molecule has 27 heavy (non-hydrogen) atoms. The summed E-state index contributed by atoms with van der Waals surface area (Å²) >= 11 is 1.76. The molecule has 4 nitrogen and oxygen atoms in total. The first-order valence-corrected chi connectivity index (χ1v) is 10.3. The van der Waals surface area contributed by atoms with Crippen molar-refractivity contribution in [3.05, 3.63) is 57.8 Å². The number of aliphatic carboxylic acids is 1. The Balaban J connectivity index is 1.79. The number of hydrogen-bond donors (Lipinski definition) is 1. The van der Waals surface area contributed by atoms with Gasteiger partial charge in [-0.1, -0.05) is 18.2 Å². The average molecular weight is 386 g/mol. The summed E-state index contributed by atoms with van der Waals surface area (Å²) in [6.45, 7) is 4.04. The van der Waals surface area contributed by atoms with Crippen molar-refractivity contribution >= 4 is 22.9 Å². The highest BCUT2D eigenvalue weighted by atomic mass is 32.1. The van der Waals surface area contributed by atoms with E-state index >= 15 is 0 Å². The first kappa shape index (κ1) is 19.6. The van der Waals surface area contributed by atoms with E-state index in [0.29, 0.717) is 0 Å². The minimum Gasteiger partial charge on any atom is -0.497 e. The van der Waals surface area contributed by atoms with Crippen molar-refractivity contribution in [1.29, 1.82) is 0 Å². The molecule has 1 aliphatic rings. The second kappa shape index (κ2) is 9.20. The van der Waals surface area contributed by atoms with Gasteiger partial charge in [0.2, 0.25) is 0 Å².